The molecule has 1 saturated heterocycles. The van der Waals surface area contributed by atoms with Gasteiger partial charge in [-0.15, -0.1) is 0 Å². The van der Waals surface area contributed by atoms with Crippen LogP contribution in [0.4, 0.5) is 0 Å². The zero-order chi connectivity index (χ0) is 17.8. The number of rotatable bonds is 7. The average molecular weight is 350 g/mol. The van der Waals surface area contributed by atoms with Crippen LogP contribution in [0.5, 0.6) is 0 Å². The fourth-order valence-corrected chi connectivity index (χ4v) is 4.56. The van der Waals surface area contributed by atoms with Crippen LogP contribution >= 0.6 is 0 Å². The minimum Gasteiger partial charge on any atom is -0.302 e. The lowest BCUT2D eigenvalue weighted by Crippen LogP contribution is -2.33. The third-order valence-corrected chi connectivity index (χ3v) is 6.04. The van der Waals surface area contributed by atoms with Gasteiger partial charge in [-0.1, -0.05) is 30.3 Å². The molecule has 1 aliphatic heterocycles. The second kappa shape index (κ2) is 8.32. The first-order valence-electron chi connectivity index (χ1n) is 10.1. The van der Waals surface area contributed by atoms with Crippen LogP contribution < -0.4 is 0 Å². The molecule has 0 N–H and O–H groups in total. The van der Waals surface area contributed by atoms with E-state index in [0.29, 0.717) is 0 Å². The van der Waals surface area contributed by atoms with Crippen molar-refractivity contribution in [2.45, 2.75) is 44.7 Å². The van der Waals surface area contributed by atoms with Gasteiger partial charge in [0.25, 0.3) is 0 Å². The van der Waals surface area contributed by atoms with Gasteiger partial charge in [0.05, 0.1) is 0 Å². The first-order chi connectivity index (χ1) is 12.8. The number of benzene rings is 1. The molecule has 26 heavy (non-hydrogen) atoms. The molecule has 1 aliphatic carbocycles. The zero-order valence-electron chi connectivity index (χ0n) is 16.0. The maximum atomic E-state index is 4.21. The molecule has 0 bridgehead atoms. The van der Waals surface area contributed by atoms with Gasteiger partial charge in [0, 0.05) is 32.0 Å². The Hall–Kier alpha value is -1.71. The van der Waals surface area contributed by atoms with Crippen LogP contribution in [0.15, 0.2) is 48.8 Å². The highest BCUT2D eigenvalue weighted by Crippen LogP contribution is 2.42. The van der Waals surface area contributed by atoms with Crippen LogP contribution in [-0.4, -0.2) is 41.5 Å². The number of pyridine rings is 1. The van der Waals surface area contributed by atoms with Gasteiger partial charge in [-0.3, -0.25) is 9.88 Å². The summed E-state index contributed by atoms with van der Waals surface area (Å²) in [6.07, 6.45) is 9.24. The van der Waals surface area contributed by atoms with Crippen molar-refractivity contribution in [3.8, 4) is 0 Å². The lowest BCUT2D eigenvalue weighted by Gasteiger charge is -2.38. The first kappa shape index (κ1) is 17.7. The van der Waals surface area contributed by atoms with Gasteiger partial charge >= 0.3 is 0 Å². The maximum Gasteiger partial charge on any atom is 0.0312 e. The van der Waals surface area contributed by atoms with Crippen molar-refractivity contribution in [3.63, 3.8) is 0 Å². The predicted octanol–water partition coefficient (Wildman–Crippen LogP) is 4.30. The standard InChI is InChI=1S/C23H31N3/c1-25(16-20-5-4-10-24-15-20)17-21-13-23(14-21)22-8-6-19(7-9-22)18-26-11-2-3-12-26/h4-10,15,21,23H,2-3,11-14,16-18H2,1H3. The van der Waals surface area contributed by atoms with E-state index in [9.17, 15) is 0 Å². The number of hydrogen-bond donors (Lipinski definition) is 0. The molecule has 0 atom stereocenters. The molecule has 0 amide bonds. The SMILES string of the molecule is CN(Cc1cccnc1)CC1CC(c2ccc(CN3CCCC3)cc2)C1. The lowest BCUT2D eigenvalue weighted by molar-refractivity contribution is 0.176. The Bertz CT molecular complexity index is 670. The molecule has 2 aromatic rings. The van der Waals surface area contributed by atoms with Crippen LogP contribution in [0, 0.1) is 5.92 Å². The Kier molecular flexibility index (Phi) is 5.66. The number of nitrogens with zero attached hydrogens (tertiary/aromatic N) is 3. The molecule has 0 spiro atoms. The van der Waals surface area contributed by atoms with E-state index >= 15 is 0 Å². The second-order valence-electron chi connectivity index (χ2n) is 8.32. The molecule has 3 heteroatoms. The van der Waals surface area contributed by atoms with E-state index in [1.165, 1.54) is 56.4 Å². The molecule has 0 radical (unpaired) electrons. The van der Waals surface area contributed by atoms with Crippen molar-refractivity contribution in [2.75, 3.05) is 26.7 Å². The Morgan fingerprint density at radius 3 is 2.50 bits per heavy atom. The fourth-order valence-electron chi connectivity index (χ4n) is 4.56. The molecular formula is C23H31N3. The van der Waals surface area contributed by atoms with Gasteiger partial charge in [-0.2, -0.15) is 0 Å². The quantitative estimate of drug-likeness (QED) is 0.743. The number of likely N-dealkylation sites (tertiary alicyclic amines) is 1. The van der Waals surface area contributed by atoms with Gasteiger partial charge in [-0.25, -0.2) is 0 Å². The normalized spacial score (nSPS) is 23.3. The largest absolute Gasteiger partial charge is 0.302 e. The van der Waals surface area contributed by atoms with Gasteiger partial charge in [-0.05, 0) is 80.4 Å². The Labute approximate surface area is 158 Å². The summed E-state index contributed by atoms with van der Waals surface area (Å²) < 4.78 is 0. The maximum absolute atomic E-state index is 4.21. The smallest absolute Gasteiger partial charge is 0.0312 e. The summed E-state index contributed by atoms with van der Waals surface area (Å²) in [6, 6.07) is 13.7. The van der Waals surface area contributed by atoms with E-state index in [0.717, 1.165) is 24.9 Å². The van der Waals surface area contributed by atoms with Gasteiger partial charge < -0.3 is 4.90 Å². The molecule has 2 heterocycles. The molecule has 1 aromatic heterocycles. The molecule has 2 fully saturated rings. The summed E-state index contributed by atoms with van der Waals surface area (Å²) >= 11 is 0. The summed E-state index contributed by atoms with van der Waals surface area (Å²) in [5, 5.41) is 0. The van der Waals surface area contributed by atoms with Crippen LogP contribution in [0.3, 0.4) is 0 Å². The summed E-state index contributed by atoms with van der Waals surface area (Å²) in [4.78, 5) is 9.23. The summed E-state index contributed by atoms with van der Waals surface area (Å²) in [5.41, 5.74) is 4.32. The summed E-state index contributed by atoms with van der Waals surface area (Å²) in [5.74, 6) is 1.61. The lowest BCUT2D eigenvalue weighted by atomic mass is 9.71. The molecular weight excluding hydrogens is 318 g/mol. The van der Waals surface area contributed by atoms with Crippen LogP contribution in [0.25, 0.3) is 0 Å². The zero-order valence-corrected chi connectivity index (χ0v) is 16.0. The highest BCUT2D eigenvalue weighted by molar-refractivity contribution is 5.27. The summed E-state index contributed by atoms with van der Waals surface area (Å²) in [6.45, 7) is 5.88. The van der Waals surface area contributed by atoms with Gasteiger partial charge in [0.1, 0.15) is 0 Å². The van der Waals surface area contributed by atoms with Crippen molar-refractivity contribution in [1.82, 2.24) is 14.8 Å². The van der Waals surface area contributed by atoms with Crippen molar-refractivity contribution < 1.29 is 0 Å². The van der Waals surface area contributed by atoms with Crippen LogP contribution in [0.2, 0.25) is 0 Å². The van der Waals surface area contributed by atoms with Crippen molar-refractivity contribution in [3.05, 3.63) is 65.5 Å². The molecule has 138 valence electrons. The van der Waals surface area contributed by atoms with E-state index < -0.39 is 0 Å². The Morgan fingerprint density at radius 1 is 1.04 bits per heavy atom. The number of hydrogen-bond acceptors (Lipinski definition) is 3. The molecule has 0 unspecified atom stereocenters. The fraction of sp³-hybridized carbons (Fsp3) is 0.522. The predicted molar refractivity (Wildman–Crippen MR) is 107 cm³/mol. The van der Waals surface area contributed by atoms with E-state index in [-0.39, 0.29) is 0 Å². The number of aromatic nitrogens is 1. The van der Waals surface area contributed by atoms with E-state index in [2.05, 4.69) is 52.2 Å². The van der Waals surface area contributed by atoms with E-state index in [1.807, 2.05) is 18.5 Å². The van der Waals surface area contributed by atoms with E-state index in [4.69, 9.17) is 0 Å². The Morgan fingerprint density at radius 2 is 1.81 bits per heavy atom. The van der Waals surface area contributed by atoms with Crippen molar-refractivity contribution >= 4 is 0 Å². The minimum atomic E-state index is 0.771. The summed E-state index contributed by atoms with van der Waals surface area (Å²) in [7, 11) is 2.23. The third kappa shape index (κ3) is 4.52. The van der Waals surface area contributed by atoms with Crippen LogP contribution in [-0.2, 0) is 13.1 Å². The first-order valence-corrected chi connectivity index (χ1v) is 10.1. The molecule has 1 saturated carbocycles. The van der Waals surface area contributed by atoms with Gasteiger partial charge in [0.15, 0.2) is 0 Å². The average Bonchev–Trinajstić information content (AvgIpc) is 3.13. The monoisotopic (exact) mass is 349 g/mol. The molecule has 1 aromatic carbocycles. The van der Waals surface area contributed by atoms with Crippen molar-refractivity contribution in [2.24, 2.45) is 5.92 Å². The van der Waals surface area contributed by atoms with Crippen molar-refractivity contribution in [1.29, 1.82) is 0 Å². The minimum absolute atomic E-state index is 0.771. The van der Waals surface area contributed by atoms with Gasteiger partial charge in [0.2, 0.25) is 0 Å². The highest BCUT2D eigenvalue weighted by atomic mass is 15.1. The topological polar surface area (TPSA) is 19.4 Å². The molecule has 2 aliphatic rings. The highest BCUT2D eigenvalue weighted by Gasteiger charge is 2.30. The second-order valence-corrected chi connectivity index (χ2v) is 8.32. The molecule has 3 nitrogen and oxygen atoms in total. The third-order valence-electron chi connectivity index (χ3n) is 6.04. The van der Waals surface area contributed by atoms with E-state index in [1.54, 1.807) is 5.56 Å². The van der Waals surface area contributed by atoms with Crippen LogP contribution in [0.1, 0.15) is 48.3 Å². The Balaban J connectivity index is 1.21. The molecule has 4 rings (SSSR count).